The molecule has 2 fully saturated rings. The van der Waals surface area contributed by atoms with E-state index < -0.39 is 21.7 Å². The Balaban J connectivity index is 1.45. The number of likely N-dealkylation sites (N-methyl/N-ethyl adjacent to an activating group) is 1. The summed E-state index contributed by atoms with van der Waals surface area (Å²) in [5.74, 6) is 0.262. The van der Waals surface area contributed by atoms with Crippen LogP contribution in [0.2, 0.25) is 0 Å². The number of rotatable bonds is 11. The number of nitrogens with zero attached hydrogens (tertiary/aromatic N) is 3. The Morgan fingerprint density at radius 1 is 1.25 bits per heavy atom. The van der Waals surface area contributed by atoms with Crippen molar-refractivity contribution >= 4 is 22.0 Å². The van der Waals surface area contributed by atoms with Crippen molar-refractivity contribution in [1.82, 2.24) is 19.5 Å². The van der Waals surface area contributed by atoms with Gasteiger partial charge in [-0.05, 0) is 44.2 Å². The molecule has 2 amide bonds. The number of amides is 2. The van der Waals surface area contributed by atoms with Crippen molar-refractivity contribution < 1.29 is 32.2 Å². The van der Waals surface area contributed by atoms with E-state index >= 15 is 0 Å². The van der Waals surface area contributed by atoms with E-state index in [2.05, 4.69) is 16.9 Å². The molecular formula is C24H36N4O7S. The lowest BCUT2D eigenvalue weighted by molar-refractivity contribution is -0.132. The molecule has 2 heterocycles. The molecule has 0 radical (unpaired) electrons. The average Bonchev–Trinajstić information content (AvgIpc) is 3.30. The van der Waals surface area contributed by atoms with Crippen LogP contribution >= 0.6 is 0 Å². The second-order valence-electron chi connectivity index (χ2n) is 10.2. The second-order valence-corrected chi connectivity index (χ2v) is 12.1. The van der Waals surface area contributed by atoms with Crippen molar-refractivity contribution in [2.45, 2.75) is 31.3 Å². The Labute approximate surface area is 212 Å². The summed E-state index contributed by atoms with van der Waals surface area (Å²) < 4.78 is 43.2. The smallest absolute Gasteiger partial charge is 0.407 e. The minimum absolute atomic E-state index is 0.0464. The fourth-order valence-electron chi connectivity index (χ4n) is 4.14. The van der Waals surface area contributed by atoms with Gasteiger partial charge in [-0.2, -0.15) is 4.31 Å². The molecule has 2 aliphatic rings. The number of nitrogens with one attached hydrogen (secondary N) is 1. The minimum atomic E-state index is -3.71. The normalized spacial score (nSPS) is 21.4. The summed E-state index contributed by atoms with van der Waals surface area (Å²) >= 11 is 0. The lowest BCUT2D eigenvalue weighted by Gasteiger charge is -2.22. The standard InChI is InChI=1S/C24H36N4O7S/c1-16(11-26-23(30)35-24(2,3)4)15-34-20-8-7-17(12-25-20)36(31,32)28-13-18-19(14-28)21(18)22(29)27(5)9-10-33-6/h7-8,12,18-19,21H,1,9-11,13-15H2,2-6H3,(H,26,30)/t18-,19+,21?. The van der Waals surface area contributed by atoms with Gasteiger partial charge in [0.15, 0.2) is 0 Å². The van der Waals surface area contributed by atoms with Gasteiger partial charge in [-0.15, -0.1) is 0 Å². The van der Waals surface area contributed by atoms with Crippen LogP contribution in [0.4, 0.5) is 4.79 Å². The zero-order valence-electron chi connectivity index (χ0n) is 21.5. The molecule has 11 nitrogen and oxygen atoms in total. The largest absolute Gasteiger partial charge is 0.473 e. The maximum Gasteiger partial charge on any atom is 0.407 e. The highest BCUT2D eigenvalue weighted by atomic mass is 32.2. The van der Waals surface area contributed by atoms with Gasteiger partial charge < -0.3 is 24.4 Å². The highest BCUT2D eigenvalue weighted by Crippen LogP contribution is 2.53. The molecule has 200 valence electrons. The van der Waals surface area contributed by atoms with E-state index in [-0.39, 0.29) is 47.6 Å². The predicted octanol–water partition coefficient (Wildman–Crippen LogP) is 1.51. The summed E-state index contributed by atoms with van der Waals surface area (Å²) in [7, 11) is -0.385. The van der Waals surface area contributed by atoms with Gasteiger partial charge in [0.05, 0.1) is 12.8 Å². The van der Waals surface area contributed by atoms with Crippen molar-refractivity contribution in [1.29, 1.82) is 0 Å². The number of fused-ring (bicyclic) bond motifs is 1. The molecule has 12 heteroatoms. The summed E-state index contributed by atoms with van der Waals surface area (Å²) in [5, 5.41) is 2.59. The molecule has 1 N–H and O–H groups in total. The van der Waals surface area contributed by atoms with E-state index in [0.717, 1.165) is 0 Å². The first-order valence-corrected chi connectivity index (χ1v) is 13.2. The summed E-state index contributed by atoms with van der Waals surface area (Å²) in [6, 6.07) is 2.93. The van der Waals surface area contributed by atoms with Crippen LogP contribution in [0.25, 0.3) is 0 Å². The third-order valence-electron chi connectivity index (χ3n) is 6.11. The molecule has 36 heavy (non-hydrogen) atoms. The summed E-state index contributed by atoms with van der Waals surface area (Å²) in [6.07, 6.45) is 0.710. The number of pyridine rings is 1. The van der Waals surface area contributed by atoms with Gasteiger partial charge in [0, 0.05) is 52.3 Å². The molecule has 3 rings (SSSR count). The maximum absolute atomic E-state index is 13.0. The van der Waals surface area contributed by atoms with Crippen LogP contribution in [0.15, 0.2) is 35.4 Å². The third-order valence-corrected chi connectivity index (χ3v) is 7.92. The summed E-state index contributed by atoms with van der Waals surface area (Å²) in [4.78, 5) is 30.1. The zero-order valence-corrected chi connectivity index (χ0v) is 22.3. The highest BCUT2D eigenvalue weighted by Gasteiger charge is 2.61. The van der Waals surface area contributed by atoms with E-state index in [0.29, 0.717) is 31.8 Å². The van der Waals surface area contributed by atoms with Crippen LogP contribution in [0.3, 0.4) is 0 Å². The maximum atomic E-state index is 13.0. The SMILES string of the molecule is C=C(CNC(=O)OC(C)(C)C)COc1ccc(S(=O)(=O)N2C[C@@H]3C(C(=O)N(C)CCOC)[C@@H]3C2)cn1. The molecule has 3 atom stereocenters. The van der Waals surface area contributed by atoms with Crippen molar-refractivity contribution in [2.75, 3.05) is 53.6 Å². The number of hydrogen-bond donors (Lipinski definition) is 1. The molecular weight excluding hydrogens is 488 g/mol. The van der Waals surface area contributed by atoms with Crippen molar-refractivity contribution in [3.05, 3.63) is 30.5 Å². The first-order chi connectivity index (χ1) is 16.8. The topological polar surface area (TPSA) is 127 Å². The number of methoxy groups -OCH3 is 1. The number of aromatic nitrogens is 1. The van der Waals surface area contributed by atoms with Gasteiger partial charge in [-0.3, -0.25) is 4.79 Å². The molecule has 1 saturated heterocycles. The van der Waals surface area contributed by atoms with Crippen LogP contribution in [0.5, 0.6) is 5.88 Å². The predicted molar refractivity (Wildman–Crippen MR) is 132 cm³/mol. The molecule has 0 bridgehead atoms. The number of carbonyl (C=O) groups excluding carboxylic acids is 2. The van der Waals surface area contributed by atoms with Gasteiger partial charge in [0.25, 0.3) is 0 Å². The molecule has 0 spiro atoms. The Hall–Kier alpha value is -2.70. The number of hydrogen-bond acceptors (Lipinski definition) is 8. The average molecular weight is 525 g/mol. The van der Waals surface area contributed by atoms with Gasteiger partial charge in [-0.25, -0.2) is 18.2 Å². The number of carbonyl (C=O) groups is 2. The Kier molecular flexibility index (Phi) is 8.63. The van der Waals surface area contributed by atoms with E-state index in [1.807, 2.05) is 0 Å². The van der Waals surface area contributed by atoms with Gasteiger partial charge in [-0.1, -0.05) is 6.58 Å². The van der Waals surface area contributed by atoms with Gasteiger partial charge >= 0.3 is 6.09 Å². The van der Waals surface area contributed by atoms with E-state index in [1.54, 1.807) is 39.8 Å². The van der Waals surface area contributed by atoms with Crippen LogP contribution < -0.4 is 10.1 Å². The molecule has 1 saturated carbocycles. The van der Waals surface area contributed by atoms with Crippen molar-refractivity contribution in [3.8, 4) is 5.88 Å². The highest BCUT2D eigenvalue weighted by molar-refractivity contribution is 7.89. The summed E-state index contributed by atoms with van der Waals surface area (Å²) in [5.41, 5.74) is -0.00351. The molecule has 1 aliphatic carbocycles. The first-order valence-electron chi connectivity index (χ1n) is 11.8. The monoisotopic (exact) mass is 524 g/mol. The third kappa shape index (κ3) is 6.95. The second kappa shape index (κ2) is 11.1. The molecule has 1 aliphatic heterocycles. The number of alkyl carbamates (subject to hydrolysis) is 1. The number of sulfonamides is 1. The fourth-order valence-corrected chi connectivity index (χ4v) is 5.60. The van der Waals surface area contributed by atoms with Gasteiger partial charge in [0.2, 0.25) is 21.8 Å². The number of ether oxygens (including phenoxy) is 3. The Bertz CT molecular complexity index is 1060. The van der Waals surface area contributed by atoms with Crippen LogP contribution in [0, 0.1) is 17.8 Å². The van der Waals surface area contributed by atoms with Gasteiger partial charge in [0.1, 0.15) is 17.1 Å². The quantitative estimate of drug-likeness (QED) is 0.432. The Morgan fingerprint density at radius 3 is 2.47 bits per heavy atom. The minimum Gasteiger partial charge on any atom is -0.473 e. The van der Waals surface area contributed by atoms with E-state index in [4.69, 9.17) is 14.2 Å². The van der Waals surface area contributed by atoms with Crippen molar-refractivity contribution in [2.24, 2.45) is 17.8 Å². The van der Waals surface area contributed by atoms with E-state index in [9.17, 15) is 18.0 Å². The van der Waals surface area contributed by atoms with E-state index in [1.165, 1.54) is 22.6 Å². The molecule has 0 aromatic carbocycles. The lowest BCUT2D eigenvalue weighted by Crippen LogP contribution is -2.37. The lowest BCUT2D eigenvalue weighted by atomic mass is 10.2. The Morgan fingerprint density at radius 2 is 1.92 bits per heavy atom. The van der Waals surface area contributed by atoms with Crippen LogP contribution in [-0.2, 0) is 24.3 Å². The molecule has 1 aromatic rings. The van der Waals surface area contributed by atoms with Crippen LogP contribution in [-0.4, -0.2) is 93.8 Å². The van der Waals surface area contributed by atoms with Crippen LogP contribution in [0.1, 0.15) is 20.8 Å². The first kappa shape index (κ1) is 27.9. The number of piperidine rings is 1. The summed E-state index contributed by atoms with van der Waals surface area (Å²) in [6.45, 7) is 11.1. The fraction of sp³-hybridized carbons (Fsp3) is 0.625. The van der Waals surface area contributed by atoms with Crippen molar-refractivity contribution in [3.63, 3.8) is 0 Å². The molecule has 1 unspecified atom stereocenters. The zero-order chi connectivity index (χ0) is 26.7. The molecule has 1 aromatic heterocycles.